The van der Waals surface area contributed by atoms with Crippen LogP contribution in [0.25, 0.3) is 0 Å². The first kappa shape index (κ1) is 17.2. The second-order valence-corrected chi connectivity index (χ2v) is 8.80. The first-order valence-corrected chi connectivity index (χ1v) is 8.87. The minimum atomic E-state index is -0.790. The maximum atomic E-state index is 12.5. The zero-order valence-electron chi connectivity index (χ0n) is 15.4. The average molecular weight is 350 g/mol. The van der Waals surface area contributed by atoms with Crippen molar-refractivity contribution in [2.75, 3.05) is 14.2 Å². The van der Waals surface area contributed by atoms with Gasteiger partial charge in [0, 0.05) is 26.1 Å². The molecule has 0 amide bonds. The van der Waals surface area contributed by atoms with Crippen LogP contribution in [-0.4, -0.2) is 44.7 Å². The Hall–Kier alpha value is -1.24. The zero-order valence-corrected chi connectivity index (χ0v) is 15.4. The molecule has 0 aromatic heterocycles. The highest BCUT2D eigenvalue weighted by atomic mass is 16.8. The molecule has 0 N–H and O–H groups in total. The molecule has 138 valence electrons. The van der Waals surface area contributed by atoms with Crippen LogP contribution in [0, 0.1) is 28.1 Å². The Morgan fingerprint density at radius 2 is 1.92 bits per heavy atom. The summed E-state index contributed by atoms with van der Waals surface area (Å²) in [7, 11) is 3.22. The van der Waals surface area contributed by atoms with Crippen LogP contribution in [0.2, 0.25) is 0 Å². The highest BCUT2D eigenvalue weighted by Gasteiger charge is 2.81. The summed E-state index contributed by atoms with van der Waals surface area (Å²) in [6.45, 7) is 6.55. The number of methoxy groups -OCH3 is 2. The van der Waals surface area contributed by atoms with Crippen molar-refractivity contribution in [3.05, 3.63) is 12.2 Å². The molecular formula is C19H26O6. The van der Waals surface area contributed by atoms with E-state index in [0.29, 0.717) is 12.8 Å². The standard InChI is InChI=1S/C19H26O6/c1-17(2,3)11-8-12-18(7-6-10(20)14(18)15(21)24-12)19(11)9-13(22-4)25-16(19)23-5/h6-7,11-14,16H,8-9H2,1-5H3/t11-,12+,13-,14-,16+,18?,19+/m0/s1. The van der Waals surface area contributed by atoms with Gasteiger partial charge in [0.1, 0.15) is 12.0 Å². The SMILES string of the molecule is CO[C@@H]1C[C@]2([C@H](OC)O1)[C@H](C(C)(C)C)C[C@H]1OC(=O)[C@@H]3C(=O)C=CC312. The monoisotopic (exact) mass is 350 g/mol. The van der Waals surface area contributed by atoms with E-state index in [0.717, 1.165) is 0 Å². The number of hydrogen-bond donors (Lipinski definition) is 0. The molecule has 0 aromatic carbocycles. The van der Waals surface area contributed by atoms with E-state index in [4.69, 9.17) is 18.9 Å². The van der Waals surface area contributed by atoms with Gasteiger partial charge in [-0.05, 0) is 23.8 Å². The van der Waals surface area contributed by atoms with Gasteiger partial charge >= 0.3 is 5.97 Å². The van der Waals surface area contributed by atoms with Gasteiger partial charge in [-0.15, -0.1) is 0 Å². The van der Waals surface area contributed by atoms with Gasteiger partial charge in [-0.2, -0.15) is 0 Å². The number of allylic oxidation sites excluding steroid dienone is 1. The maximum Gasteiger partial charge on any atom is 0.318 e. The van der Waals surface area contributed by atoms with Crippen LogP contribution >= 0.6 is 0 Å². The Morgan fingerprint density at radius 3 is 2.52 bits per heavy atom. The minimum Gasteiger partial charge on any atom is -0.461 e. The van der Waals surface area contributed by atoms with Crippen LogP contribution in [0.1, 0.15) is 33.6 Å². The van der Waals surface area contributed by atoms with Crippen molar-refractivity contribution < 1.29 is 28.5 Å². The quantitative estimate of drug-likeness (QED) is 0.561. The van der Waals surface area contributed by atoms with E-state index in [1.165, 1.54) is 0 Å². The molecule has 2 heterocycles. The van der Waals surface area contributed by atoms with Crippen molar-refractivity contribution in [3.8, 4) is 0 Å². The number of rotatable bonds is 2. The molecule has 4 aliphatic rings. The highest BCUT2D eigenvalue weighted by Crippen LogP contribution is 2.74. The van der Waals surface area contributed by atoms with Crippen molar-refractivity contribution in [3.63, 3.8) is 0 Å². The van der Waals surface area contributed by atoms with E-state index in [9.17, 15) is 9.59 Å². The molecule has 7 atom stereocenters. The van der Waals surface area contributed by atoms with E-state index in [2.05, 4.69) is 20.8 Å². The average Bonchev–Trinajstić information content (AvgIpc) is 3.22. The van der Waals surface area contributed by atoms with Crippen molar-refractivity contribution in [2.24, 2.45) is 28.1 Å². The number of hydrogen-bond acceptors (Lipinski definition) is 6. The predicted octanol–water partition coefficient (Wildman–Crippen LogP) is 2.07. The summed E-state index contributed by atoms with van der Waals surface area (Å²) >= 11 is 0. The molecule has 2 spiro atoms. The number of ether oxygens (including phenoxy) is 4. The lowest BCUT2D eigenvalue weighted by Crippen LogP contribution is -2.54. The lowest BCUT2D eigenvalue weighted by molar-refractivity contribution is -0.226. The number of carbonyl (C=O) groups excluding carboxylic acids is 2. The molecule has 2 aliphatic heterocycles. The minimum absolute atomic E-state index is 0.0711. The van der Waals surface area contributed by atoms with Gasteiger partial charge in [0.25, 0.3) is 0 Å². The fraction of sp³-hybridized carbons (Fsp3) is 0.789. The fourth-order valence-corrected chi connectivity index (χ4v) is 6.15. The lowest BCUT2D eigenvalue weighted by atomic mass is 9.53. The van der Waals surface area contributed by atoms with Crippen LogP contribution in [0.5, 0.6) is 0 Å². The van der Waals surface area contributed by atoms with Gasteiger partial charge in [0.05, 0.1) is 5.41 Å². The molecule has 4 rings (SSSR count). The van der Waals surface area contributed by atoms with Crippen LogP contribution in [0.4, 0.5) is 0 Å². The van der Waals surface area contributed by atoms with E-state index in [1.807, 2.05) is 6.08 Å². The van der Waals surface area contributed by atoms with Crippen LogP contribution < -0.4 is 0 Å². The summed E-state index contributed by atoms with van der Waals surface area (Å²) in [6.07, 6.45) is 3.43. The Kier molecular flexibility index (Phi) is 3.54. The van der Waals surface area contributed by atoms with E-state index < -0.39 is 35.3 Å². The first-order chi connectivity index (χ1) is 11.7. The summed E-state index contributed by atoms with van der Waals surface area (Å²) in [6, 6.07) is 0. The van der Waals surface area contributed by atoms with E-state index >= 15 is 0 Å². The Labute approximate surface area is 147 Å². The molecule has 2 saturated heterocycles. The van der Waals surface area contributed by atoms with Crippen molar-refractivity contribution in [2.45, 2.75) is 52.3 Å². The third kappa shape index (κ3) is 1.85. The molecule has 0 bridgehead atoms. The van der Waals surface area contributed by atoms with Gasteiger partial charge in [-0.3, -0.25) is 9.59 Å². The Morgan fingerprint density at radius 1 is 1.20 bits per heavy atom. The second kappa shape index (κ2) is 5.15. The second-order valence-electron chi connectivity index (χ2n) is 8.80. The van der Waals surface area contributed by atoms with Crippen molar-refractivity contribution in [1.29, 1.82) is 0 Å². The molecule has 6 nitrogen and oxygen atoms in total. The summed E-state index contributed by atoms with van der Waals surface area (Å²) in [4.78, 5) is 25.1. The van der Waals surface area contributed by atoms with E-state index in [1.54, 1.807) is 20.3 Å². The summed E-state index contributed by atoms with van der Waals surface area (Å²) in [5.41, 5.74) is -1.34. The lowest BCUT2D eigenvalue weighted by Gasteiger charge is -2.49. The summed E-state index contributed by atoms with van der Waals surface area (Å²) in [5, 5.41) is 0. The van der Waals surface area contributed by atoms with Gasteiger partial charge < -0.3 is 18.9 Å². The predicted molar refractivity (Wildman–Crippen MR) is 87.2 cm³/mol. The first-order valence-electron chi connectivity index (χ1n) is 8.87. The third-order valence-electron chi connectivity index (χ3n) is 6.91. The van der Waals surface area contributed by atoms with Crippen LogP contribution in [-0.2, 0) is 28.5 Å². The number of carbonyl (C=O) groups is 2. The highest BCUT2D eigenvalue weighted by molar-refractivity contribution is 6.10. The zero-order chi connectivity index (χ0) is 18.2. The number of ketones is 1. The fourth-order valence-electron chi connectivity index (χ4n) is 6.15. The molecule has 3 fully saturated rings. The van der Waals surface area contributed by atoms with Crippen molar-refractivity contribution >= 4 is 11.8 Å². The summed E-state index contributed by atoms with van der Waals surface area (Å²) in [5.74, 6) is -1.22. The van der Waals surface area contributed by atoms with Crippen LogP contribution in [0.15, 0.2) is 12.2 Å². The molecule has 1 saturated carbocycles. The molecule has 0 radical (unpaired) electrons. The molecule has 1 unspecified atom stereocenters. The molecular weight excluding hydrogens is 324 g/mol. The molecule has 6 heteroatoms. The maximum absolute atomic E-state index is 12.5. The topological polar surface area (TPSA) is 71.1 Å². The van der Waals surface area contributed by atoms with Crippen molar-refractivity contribution in [1.82, 2.24) is 0 Å². The molecule has 2 aliphatic carbocycles. The van der Waals surface area contributed by atoms with Gasteiger partial charge in [-0.1, -0.05) is 26.8 Å². The van der Waals surface area contributed by atoms with Gasteiger partial charge in [0.2, 0.25) is 0 Å². The third-order valence-corrected chi connectivity index (χ3v) is 6.91. The Bertz CT molecular complexity index is 649. The van der Waals surface area contributed by atoms with E-state index in [-0.39, 0.29) is 23.2 Å². The Balaban J connectivity index is 1.94. The van der Waals surface area contributed by atoms with Gasteiger partial charge in [0.15, 0.2) is 18.4 Å². The van der Waals surface area contributed by atoms with Gasteiger partial charge in [-0.25, -0.2) is 0 Å². The molecule has 25 heavy (non-hydrogen) atoms. The molecule has 0 aromatic rings. The smallest absolute Gasteiger partial charge is 0.318 e. The van der Waals surface area contributed by atoms with Crippen LogP contribution in [0.3, 0.4) is 0 Å². The summed E-state index contributed by atoms with van der Waals surface area (Å²) < 4.78 is 23.0. The largest absolute Gasteiger partial charge is 0.461 e. The normalized spacial score (nSPS) is 48.3. The number of esters is 1.